The summed E-state index contributed by atoms with van der Waals surface area (Å²) in [4.78, 5) is 22.3. The zero-order chi connectivity index (χ0) is 12.1. The molecule has 0 aliphatic heterocycles. The number of nitrogens with one attached hydrogen (secondary N) is 2. The maximum atomic E-state index is 11.5. The lowest BCUT2D eigenvalue weighted by Gasteiger charge is -2.08. The minimum Gasteiger partial charge on any atom is -0.272 e. The van der Waals surface area contributed by atoms with Gasteiger partial charge in [0.25, 0.3) is 11.8 Å². The Balaban J connectivity index is 2.53. The number of alkyl halides is 1. The Bertz CT molecular complexity index is 390. The van der Waals surface area contributed by atoms with Gasteiger partial charge in [-0.3, -0.25) is 20.4 Å². The molecule has 0 unspecified atom stereocenters. The van der Waals surface area contributed by atoms with Crippen LogP contribution in [0.15, 0.2) is 28.7 Å². The molecule has 0 aromatic heterocycles. The topological polar surface area (TPSA) is 58.2 Å². The first-order chi connectivity index (χ1) is 7.50. The molecule has 2 N–H and O–H groups in total. The van der Waals surface area contributed by atoms with Crippen LogP contribution >= 0.6 is 31.9 Å². The highest BCUT2D eigenvalue weighted by molar-refractivity contribution is 9.10. The molecular weight excluding hydrogens is 340 g/mol. The third-order valence-corrected chi connectivity index (χ3v) is 2.71. The average Bonchev–Trinajstić information content (AvgIpc) is 2.26. The summed E-state index contributed by atoms with van der Waals surface area (Å²) < 4.78 is 0.891. The van der Waals surface area contributed by atoms with Crippen LogP contribution in [0.4, 0.5) is 0 Å². The first kappa shape index (κ1) is 13.2. The van der Waals surface area contributed by atoms with Gasteiger partial charge in [-0.25, -0.2) is 0 Å². The third kappa shape index (κ3) is 3.94. The predicted molar refractivity (Wildman–Crippen MR) is 68.1 cm³/mol. The zero-order valence-electron chi connectivity index (χ0n) is 8.46. The second-order valence-electron chi connectivity index (χ2n) is 3.07. The van der Waals surface area contributed by atoms with Crippen LogP contribution in [0.5, 0.6) is 0 Å². The van der Waals surface area contributed by atoms with E-state index in [1.165, 1.54) is 0 Å². The van der Waals surface area contributed by atoms with Crippen LogP contribution < -0.4 is 10.9 Å². The number of amides is 2. The minimum absolute atomic E-state index is 0.300. The van der Waals surface area contributed by atoms with Gasteiger partial charge in [-0.1, -0.05) is 31.9 Å². The van der Waals surface area contributed by atoms with Crippen LogP contribution in [-0.4, -0.2) is 16.6 Å². The molecule has 86 valence electrons. The number of benzene rings is 1. The van der Waals surface area contributed by atoms with Gasteiger partial charge in [0, 0.05) is 10.0 Å². The summed E-state index contributed by atoms with van der Waals surface area (Å²) in [5, 5.41) is 0. The number of hydrogen-bond donors (Lipinski definition) is 2. The van der Waals surface area contributed by atoms with E-state index < -0.39 is 0 Å². The highest BCUT2D eigenvalue weighted by Gasteiger charge is 2.10. The van der Waals surface area contributed by atoms with Crippen LogP contribution in [0.2, 0.25) is 0 Å². The monoisotopic (exact) mass is 348 g/mol. The molecule has 6 heteroatoms. The van der Waals surface area contributed by atoms with E-state index in [1.807, 2.05) is 0 Å². The fourth-order valence-electron chi connectivity index (χ4n) is 0.891. The normalized spacial score (nSPS) is 11.7. The number of rotatable bonds is 2. The van der Waals surface area contributed by atoms with Gasteiger partial charge in [0.05, 0.1) is 4.83 Å². The lowest BCUT2D eigenvalue weighted by molar-refractivity contribution is -0.120. The number of hydrazine groups is 1. The molecule has 0 saturated heterocycles. The maximum Gasteiger partial charge on any atom is 0.269 e. The van der Waals surface area contributed by atoms with Crippen molar-refractivity contribution in [1.29, 1.82) is 0 Å². The second-order valence-corrected chi connectivity index (χ2v) is 5.36. The predicted octanol–water partition coefficient (Wildman–Crippen LogP) is 1.99. The summed E-state index contributed by atoms with van der Waals surface area (Å²) in [5.74, 6) is -0.653. The molecule has 0 bridgehead atoms. The van der Waals surface area contributed by atoms with Crippen molar-refractivity contribution in [2.24, 2.45) is 0 Å². The summed E-state index contributed by atoms with van der Waals surface area (Å²) >= 11 is 6.35. The molecular formula is C10H10Br2N2O2. The fourth-order valence-corrected chi connectivity index (χ4v) is 1.27. The maximum absolute atomic E-state index is 11.5. The summed E-state index contributed by atoms with van der Waals surface area (Å²) in [5.41, 5.74) is 5.09. The van der Waals surface area contributed by atoms with Crippen molar-refractivity contribution in [3.63, 3.8) is 0 Å². The number of halogens is 2. The van der Waals surface area contributed by atoms with Crippen LogP contribution in [0.1, 0.15) is 17.3 Å². The van der Waals surface area contributed by atoms with Crippen molar-refractivity contribution < 1.29 is 9.59 Å². The molecule has 2 amide bonds. The van der Waals surface area contributed by atoms with E-state index in [1.54, 1.807) is 31.2 Å². The Labute approximate surface area is 110 Å². The minimum atomic E-state index is -0.353. The standard InChI is InChI=1S/C10H10Br2N2O2/c1-6(11)9(15)13-14-10(16)7-2-4-8(12)5-3-7/h2-6H,1H3,(H,13,15)(H,14,16)/t6-/m1/s1. The zero-order valence-corrected chi connectivity index (χ0v) is 11.6. The first-order valence-electron chi connectivity index (χ1n) is 4.50. The highest BCUT2D eigenvalue weighted by Crippen LogP contribution is 2.10. The lowest BCUT2D eigenvalue weighted by atomic mass is 10.2. The lowest BCUT2D eigenvalue weighted by Crippen LogP contribution is -2.44. The third-order valence-electron chi connectivity index (χ3n) is 1.77. The van der Waals surface area contributed by atoms with Crippen molar-refractivity contribution in [2.75, 3.05) is 0 Å². The van der Waals surface area contributed by atoms with Crippen molar-refractivity contribution >= 4 is 43.7 Å². The van der Waals surface area contributed by atoms with Gasteiger partial charge < -0.3 is 0 Å². The van der Waals surface area contributed by atoms with Crippen LogP contribution in [0.3, 0.4) is 0 Å². The van der Waals surface area contributed by atoms with Gasteiger partial charge in [-0.05, 0) is 31.2 Å². The molecule has 1 aromatic rings. The molecule has 0 heterocycles. The summed E-state index contributed by atoms with van der Waals surface area (Å²) in [6.45, 7) is 1.67. The molecule has 0 radical (unpaired) electrons. The molecule has 16 heavy (non-hydrogen) atoms. The second kappa shape index (κ2) is 6.00. The van der Waals surface area contributed by atoms with Gasteiger partial charge in [0.1, 0.15) is 0 Å². The Kier molecular flexibility index (Phi) is 4.95. The molecule has 0 aliphatic carbocycles. The summed E-state index contributed by atoms with van der Waals surface area (Å²) in [7, 11) is 0. The first-order valence-corrected chi connectivity index (χ1v) is 6.21. The van der Waals surface area contributed by atoms with E-state index in [9.17, 15) is 9.59 Å². The number of hydrogen-bond acceptors (Lipinski definition) is 2. The number of carbonyl (C=O) groups is 2. The smallest absolute Gasteiger partial charge is 0.269 e. The quantitative estimate of drug-likeness (QED) is 0.633. The Morgan fingerprint density at radius 3 is 2.25 bits per heavy atom. The molecule has 1 rings (SSSR count). The van der Waals surface area contributed by atoms with Gasteiger partial charge in [-0.2, -0.15) is 0 Å². The molecule has 1 atom stereocenters. The molecule has 0 spiro atoms. The molecule has 1 aromatic carbocycles. The Morgan fingerprint density at radius 2 is 1.75 bits per heavy atom. The molecule has 4 nitrogen and oxygen atoms in total. The van der Waals surface area contributed by atoms with E-state index in [2.05, 4.69) is 42.7 Å². The van der Waals surface area contributed by atoms with E-state index >= 15 is 0 Å². The van der Waals surface area contributed by atoms with Gasteiger partial charge in [0.15, 0.2) is 0 Å². The van der Waals surface area contributed by atoms with Crippen molar-refractivity contribution in [3.8, 4) is 0 Å². The fraction of sp³-hybridized carbons (Fsp3) is 0.200. The van der Waals surface area contributed by atoms with E-state index in [-0.39, 0.29) is 16.6 Å². The summed E-state index contributed by atoms with van der Waals surface area (Å²) in [6.07, 6.45) is 0. The Morgan fingerprint density at radius 1 is 1.19 bits per heavy atom. The van der Waals surface area contributed by atoms with Crippen molar-refractivity contribution in [2.45, 2.75) is 11.8 Å². The van der Waals surface area contributed by atoms with E-state index in [0.29, 0.717) is 5.56 Å². The van der Waals surface area contributed by atoms with Gasteiger partial charge >= 0.3 is 0 Å². The van der Waals surface area contributed by atoms with Gasteiger partial charge in [0.2, 0.25) is 0 Å². The molecule has 0 aliphatic rings. The van der Waals surface area contributed by atoms with Gasteiger partial charge in [-0.15, -0.1) is 0 Å². The van der Waals surface area contributed by atoms with Crippen LogP contribution in [-0.2, 0) is 4.79 Å². The number of carbonyl (C=O) groups excluding carboxylic acids is 2. The molecule has 0 fully saturated rings. The van der Waals surface area contributed by atoms with Crippen LogP contribution in [0.25, 0.3) is 0 Å². The van der Waals surface area contributed by atoms with Crippen molar-refractivity contribution in [1.82, 2.24) is 10.9 Å². The van der Waals surface area contributed by atoms with E-state index in [0.717, 1.165) is 4.47 Å². The van der Waals surface area contributed by atoms with Crippen LogP contribution in [0, 0.1) is 0 Å². The van der Waals surface area contributed by atoms with E-state index in [4.69, 9.17) is 0 Å². The molecule has 0 saturated carbocycles. The van der Waals surface area contributed by atoms with Crippen molar-refractivity contribution in [3.05, 3.63) is 34.3 Å². The average molecular weight is 350 g/mol. The SMILES string of the molecule is C[C@@H](Br)C(=O)NNC(=O)c1ccc(Br)cc1. The highest BCUT2D eigenvalue weighted by atomic mass is 79.9. The largest absolute Gasteiger partial charge is 0.272 e. The Hall–Kier alpha value is -0.880. The summed E-state index contributed by atoms with van der Waals surface area (Å²) in [6, 6.07) is 6.82.